The highest BCUT2D eigenvalue weighted by molar-refractivity contribution is 9.10. The number of nitrogens with zero attached hydrogens (tertiary/aromatic N) is 2. The summed E-state index contributed by atoms with van der Waals surface area (Å²) >= 11 is 3.43. The van der Waals surface area contributed by atoms with Crippen molar-refractivity contribution in [3.05, 3.63) is 69.7 Å². The van der Waals surface area contributed by atoms with Gasteiger partial charge in [-0.1, -0.05) is 28.1 Å². The van der Waals surface area contributed by atoms with E-state index in [-0.39, 0.29) is 11.3 Å². The van der Waals surface area contributed by atoms with Crippen LogP contribution >= 0.6 is 15.9 Å². The van der Waals surface area contributed by atoms with E-state index in [0.717, 1.165) is 23.1 Å². The predicted molar refractivity (Wildman–Crippen MR) is 123 cm³/mol. The highest BCUT2D eigenvalue weighted by atomic mass is 79.9. The summed E-state index contributed by atoms with van der Waals surface area (Å²) in [4.78, 5) is 29.9. The number of halogens is 1. The number of morpholine rings is 1. The van der Waals surface area contributed by atoms with E-state index in [1.165, 1.54) is 0 Å². The number of benzene rings is 2. The maximum atomic E-state index is 13.1. The molecule has 0 radical (unpaired) electrons. The lowest BCUT2D eigenvalue weighted by Gasteiger charge is -2.31. The lowest BCUT2D eigenvalue weighted by molar-refractivity contribution is -0.140. The Labute approximate surface area is 195 Å². The van der Waals surface area contributed by atoms with Gasteiger partial charge in [-0.15, -0.1) is 0 Å². The SMILES string of the molecule is COc1ccc(C(O)=C2C(=O)C(=O)N(CCN3CCOCC3)C2c2ccc(Br)cc2)cc1. The van der Waals surface area contributed by atoms with Crippen LogP contribution in [0.5, 0.6) is 5.75 Å². The maximum absolute atomic E-state index is 13.1. The third-order valence-corrected chi connectivity index (χ3v) is 6.38. The Kier molecular flexibility index (Phi) is 6.93. The van der Waals surface area contributed by atoms with Gasteiger partial charge < -0.3 is 19.5 Å². The standard InChI is InChI=1S/C24H25BrN2O5/c1-31-19-8-4-17(5-9-19)22(28)20-21(16-2-6-18(25)7-3-16)27(24(30)23(20)29)11-10-26-12-14-32-15-13-26/h2-9,21,28H,10-15H2,1H3. The van der Waals surface area contributed by atoms with Crippen molar-refractivity contribution in [2.45, 2.75) is 6.04 Å². The van der Waals surface area contributed by atoms with Crippen molar-refractivity contribution in [2.24, 2.45) is 0 Å². The van der Waals surface area contributed by atoms with Crippen LogP contribution < -0.4 is 4.74 Å². The topological polar surface area (TPSA) is 79.3 Å². The molecule has 2 aromatic rings. The van der Waals surface area contributed by atoms with E-state index in [4.69, 9.17) is 9.47 Å². The van der Waals surface area contributed by atoms with Crippen LogP contribution in [0.4, 0.5) is 0 Å². The van der Waals surface area contributed by atoms with Gasteiger partial charge in [0.15, 0.2) is 0 Å². The molecule has 1 N–H and O–H groups in total. The summed E-state index contributed by atoms with van der Waals surface area (Å²) in [6, 6.07) is 13.6. The first-order valence-corrected chi connectivity index (χ1v) is 11.3. The van der Waals surface area contributed by atoms with Crippen LogP contribution in [-0.4, -0.2) is 73.1 Å². The van der Waals surface area contributed by atoms with Gasteiger partial charge in [-0.3, -0.25) is 14.5 Å². The average Bonchev–Trinajstić information content (AvgIpc) is 3.08. The van der Waals surface area contributed by atoms with Crippen LogP contribution in [0.1, 0.15) is 17.2 Å². The van der Waals surface area contributed by atoms with Gasteiger partial charge in [0.05, 0.1) is 31.9 Å². The number of ketones is 1. The second-order valence-corrected chi connectivity index (χ2v) is 8.64. The van der Waals surface area contributed by atoms with Crippen molar-refractivity contribution in [1.82, 2.24) is 9.80 Å². The lowest BCUT2D eigenvalue weighted by Crippen LogP contribution is -2.42. The van der Waals surface area contributed by atoms with E-state index in [0.29, 0.717) is 37.6 Å². The highest BCUT2D eigenvalue weighted by Crippen LogP contribution is 2.39. The first-order valence-electron chi connectivity index (χ1n) is 10.5. The van der Waals surface area contributed by atoms with Gasteiger partial charge in [0, 0.05) is 36.2 Å². The molecule has 1 unspecified atom stereocenters. The van der Waals surface area contributed by atoms with E-state index >= 15 is 0 Å². The Hall–Kier alpha value is -2.68. The minimum Gasteiger partial charge on any atom is -0.507 e. The zero-order chi connectivity index (χ0) is 22.7. The van der Waals surface area contributed by atoms with E-state index in [1.807, 2.05) is 24.3 Å². The molecule has 0 saturated carbocycles. The normalized spacial score (nSPS) is 21.2. The van der Waals surface area contributed by atoms with Crippen LogP contribution in [0.25, 0.3) is 5.76 Å². The van der Waals surface area contributed by atoms with Crippen LogP contribution in [0.2, 0.25) is 0 Å². The predicted octanol–water partition coefficient (Wildman–Crippen LogP) is 3.21. The monoisotopic (exact) mass is 500 g/mol. The molecular weight excluding hydrogens is 476 g/mol. The van der Waals surface area contributed by atoms with Crippen molar-refractivity contribution in [2.75, 3.05) is 46.5 Å². The molecule has 168 valence electrons. The number of carbonyl (C=O) groups excluding carboxylic acids is 2. The summed E-state index contributed by atoms with van der Waals surface area (Å²) in [6.45, 7) is 3.91. The molecule has 2 fully saturated rings. The molecule has 7 nitrogen and oxygen atoms in total. The smallest absolute Gasteiger partial charge is 0.295 e. The zero-order valence-electron chi connectivity index (χ0n) is 17.8. The van der Waals surface area contributed by atoms with Crippen LogP contribution in [0, 0.1) is 0 Å². The van der Waals surface area contributed by atoms with Gasteiger partial charge >= 0.3 is 0 Å². The first kappa shape index (κ1) is 22.5. The Morgan fingerprint density at radius 2 is 1.72 bits per heavy atom. The molecule has 0 aliphatic carbocycles. The number of Topliss-reactive ketones (excluding diaryl/α,β-unsaturated/α-hetero) is 1. The van der Waals surface area contributed by atoms with Crippen LogP contribution in [0.15, 0.2) is 58.6 Å². The molecule has 2 aliphatic rings. The number of amides is 1. The molecule has 2 aromatic carbocycles. The molecule has 1 amide bonds. The minimum absolute atomic E-state index is 0.101. The van der Waals surface area contributed by atoms with Crippen molar-refractivity contribution < 1.29 is 24.2 Å². The summed E-state index contributed by atoms with van der Waals surface area (Å²) in [5.41, 5.74) is 1.33. The summed E-state index contributed by atoms with van der Waals surface area (Å²) in [6.07, 6.45) is 0. The van der Waals surface area contributed by atoms with Gasteiger partial charge in [0.2, 0.25) is 0 Å². The van der Waals surface area contributed by atoms with Crippen LogP contribution in [0.3, 0.4) is 0 Å². The number of ether oxygens (including phenoxy) is 2. The van der Waals surface area contributed by atoms with E-state index < -0.39 is 17.7 Å². The first-order chi connectivity index (χ1) is 15.5. The summed E-state index contributed by atoms with van der Waals surface area (Å²) < 4.78 is 11.5. The van der Waals surface area contributed by atoms with Crippen LogP contribution in [-0.2, 0) is 14.3 Å². The van der Waals surface area contributed by atoms with Gasteiger partial charge in [0.1, 0.15) is 11.5 Å². The molecule has 1 atom stereocenters. The van der Waals surface area contributed by atoms with Crippen molar-refractivity contribution in [3.8, 4) is 5.75 Å². The van der Waals surface area contributed by atoms with Crippen molar-refractivity contribution >= 4 is 33.4 Å². The lowest BCUT2D eigenvalue weighted by atomic mass is 9.95. The third-order valence-electron chi connectivity index (χ3n) is 5.85. The maximum Gasteiger partial charge on any atom is 0.295 e. The second-order valence-electron chi connectivity index (χ2n) is 7.73. The fourth-order valence-electron chi connectivity index (χ4n) is 4.08. The van der Waals surface area contributed by atoms with E-state index in [1.54, 1.807) is 36.3 Å². The number of carbonyl (C=O) groups is 2. The van der Waals surface area contributed by atoms with Crippen molar-refractivity contribution in [1.29, 1.82) is 0 Å². The molecule has 8 heteroatoms. The Bertz CT molecular complexity index is 1010. The second kappa shape index (κ2) is 9.85. The van der Waals surface area contributed by atoms with E-state index in [9.17, 15) is 14.7 Å². The number of likely N-dealkylation sites (tertiary alicyclic amines) is 1. The molecule has 0 aromatic heterocycles. The molecule has 32 heavy (non-hydrogen) atoms. The number of rotatable bonds is 6. The third kappa shape index (κ3) is 4.57. The number of aliphatic hydroxyl groups is 1. The van der Waals surface area contributed by atoms with E-state index in [2.05, 4.69) is 20.8 Å². The molecule has 2 heterocycles. The molecule has 4 rings (SSSR count). The van der Waals surface area contributed by atoms with Gasteiger partial charge in [-0.05, 0) is 42.0 Å². The largest absolute Gasteiger partial charge is 0.507 e. The Morgan fingerprint density at radius 1 is 1.06 bits per heavy atom. The number of aliphatic hydroxyl groups excluding tert-OH is 1. The van der Waals surface area contributed by atoms with Gasteiger partial charge in [-0.25, -0.2) is 0 Å². The zero-order valence-corrected chi connectivity index (χ0v) is 19.4. The van der Waals surface area contributed by atoms with Gasteiger partial charge in [-0.2, -0.15) is 0 Å². The summed E-state index contributed by atoms with van der Waals surface area (Å²) in [5.74, 6) is -0.820. The fourth-order valence-corrected chi connectivity index (χ4v) is 4.34. The molecule has 2 aliphatic heterocycles. The molecule has 2 saturated heterocycles. The Balaban J connectivity index is 1.71. The quantitative estimate of drug-likeness (QED) is 0.372. The summed E-state index contributed by atoms with van der Waals surface area (Å²) in [5, 5.41) is 11.1. The molecular formula is C24H25BrN2O5. The molecule has 0 spiro atoms. The van der Waals surface area contributed by atoms with Gasteiger partial charge in [0.25, 0.3) is 11.7 Å². The number of hydrogen-bond acceptors (Lipinski definition) is 6. The number of hydrogen-bond donors (Lipinski definition) is 1. The Morgan fingerprint density at radius 3 is 2.34 bits per heavy atom. The minimum atomic E-state index is -0.673. The number of methoxy groups -OCH3 is 1. The highest BCUT2D eigenvalue weighted by Gasteiger charge is 2.46. The average molecular weight is 501 g/mol. The fraction of sp³-hybridized carbons (Fsp3) is 0.333. The summed E-state index contributed by atoms with van der Waals surface area (Å²) in [7, 11) is 1.56. The van der Waals surface area contributed by atoms with Crippen molar-refractivity contribution in [3.63, 3.8) is 0 Å². The molecule has 0 bridgehead atoms.